The molecular weight excluding hydrogens is 332 g/mol. The van der Waals surface area contributed by atoms with Crippen molar-refractivity contribution in [3.63, 3.8) is 0 Å². The third-order valence-electron chi connectivity index (χ3n) is 3.43. The number of benzene rings is 1. The van der Waals surface area contributed by atoms with Crippen LogP contribution in [0, 0.1) is 10.1 Å². The molecule has 10 nitrogen and oxygen atoms in total. The zero-order valence-electron chi connectivity index (χ0n) is 13.3. The summed E-state index contributed by atoms with van der Waals surface area (Å²) in [4.78, 5) is 37.9. The number of carboxylic acids is 1. The van der Waals surface area contributed by atoms with Gasteiger partial charge >= 0.3 is 5.97 Å². The Morgan fingerprint density at radius 3 is 2.80 bits per heavy atom. The minimum atomic E-state index is -1.21. The molecule has 10 heteroatoms. The van der Waals surface area contributed by atoms with E-state index in [2.05, 4.69) is 10.3 Å². The summed E-state index contributed by atoms with van der Waals surface area (Å²) in [6, 6.07) is 2.73. The molecule has 1 unspecified atom stereocenters. The van der Waals surface area contributed by atoms with Crippen LogP contribution in [-0.2, 0) is 9.53 Å². The van der Waals surface area contributed by atoms with Crippen LogP contribution in [0.4, 0.5) is 5.69 Å². The molecule has 1 heterocycles. The molecule has 0 aliphatic carbocycles. The fourth-order valence-electron chi connectivity index (χ4n) is 2.17. The fourth-order valence-corrected chi connectivity index (χ4v) is 2.17. The van der Waals surface area contributed by atoms with E-state index in [0.717, 1.165) is 6.07 Å². The second-order valence-corrected chi connectivity index (χ2v) is 5.08. The number of nitro benzene ring substituents is 1. The van der Waals surface area contributed by atoms with Gasteiger partial charge in [0.1, 0.15) is 11.7 Å². The molecule has 25 heavy (non-hydrogen) atoms. The molecule has 132 valence electrons. The van der Waals surface area contributed by atoms with Crippen LogP contribution in [0.15, 0.2) is 36.9 Å². The lowest BCUT2D eigenvalue weighted by atomic mass is 10.1. The maximum atomic E-state index is 12.2. The molecule has 0 radical (unpaired) electrons. The number of carbonyl (C=O) groups is 2. The van der Waals surface area contributed by atoms with E-state index in [4.69, 9.17) is 9.84 Å². The molecule has 0 aliphatic heterocycles. The molecule has 1 atom stereocenters. The second kappa shape index (κ2) is 8.02. The molecule has 0 saturated carbocycles. The molecule has 1 amide bonds. The highest BCUT2D eigenvalue weighted by Gasteiger charge is 2.23. The highest BCUT2D eigenvalue weighted by atomic mass is 16.6. The Morgan fingerprint density at radius 1 is 1.48 bits per heavy atom. The second-order valence-electron chi connectivity index (χ2n) is 5.08. The van der Waals surface area contributed by atoms with Gasteiger partial charge in [0.2, 0.25) is 0 Å². The lowest BCUT2D eigenvalue weighted by molar-refractivity contribution is -0.384. The number of imidazole rings is 1. The van der Waals surface area contributed by atoms with E-state index < -0.39 is 22.8 Å². The van der Waals surface area contributed by atoms with Crippen LogP contribution in [-0.4, -0.2) is 51.2 Å². The summed E-state index contributed by atoms with van der Waals surface area (Å²) in [5.74, 6) is -1.93. The van der Waals surface area contributed by atoms with Crippen molar-refractivity contribution < 1.29 is 24.4 Å². The van der Waals surface area contributed by atoms with Gasteiger partial charge < -0.3 is 19.7 Å². The minimum absolute atomic E-state index is 0.0146. The maximum absolute atomic E-state index is 12.2. The molecule has 2 rings (SSSR count). The summed E-state index contributed by atoms with van der Waals surface area (Å²) < 4.78 is 6.25. The molecule has 0 bridgehead atoms. The number of nitrogens with zero attached hydrogens (tertiary/aromatic N) is 3. The van der Waals surface area contributed by atoms with Gasteiger partial charge in [-0.2, -0.15) is 0 Å². The zero-order chi connectivity index (χ0) is 18.4. The molecule has 1 aromatic carbocycles. The van der Waals surface area contributed by atoms with Gasteiger partial charge in [-0.15, -0.1) is 0 Å². The van der Waals surface area contributed by atoms with Gasteiger partial charge in [-0.1, -0.05) is 0 Å². The van der Waals surface area contributed by atoms with E-state index in [0.29, 0.717) is 0 Å². The van der Waals surface area contributed by atoms with E-state index in [1.807, 2.05) is 0 Å². The largest absolute Gasteiger partial charge is 0.480 e. The first-order valence-electron chi connectivity index (χ1n) is 7.23. The number of nitrogens with one attached hydrogen (secondary N) is 1. The van der Waals surface area contributed by atoms with Crippen LogP contribution in [0.3, 0.4) is 0 Å². The topological polar surface area (TPSA) is 137 Å². The molecule has 0 aliphatic rings. The number of nitro groups is 1. The molecule has 2 aromatic rings. The summed E-state index contributed by atoms with van der Waals surface area (Å²) in [6.07, 6.45) is 4.48. The van der Waals surface area contributed by atoms with E-state index in [-0.39, 0.29) is 30.0 Å². The first kappa shape index (κ1) is 18.1. The number of ether oxygens (including phenoxy) is 1. The van der Waals surface area contributed by atoms with Crippen LogP contribution < -0.4 is 5.32 Å². The third-order valence-corrected chi connectivity index (χ3v) is 3.43. The standard InChI is InChI=1S/C15H16N4O6/c1-25-7-4-11(15(21)22)17-14(20)10-2-3-12(13(8-10)19(23)24)18-6-5-16-9-18/h2-3,5-6,8-9,11H,4,7H2,1H3,(H,17,20)(H,21,22). The van der Waals surface area contributed by atoms with Gasteiger partial charge in [-0.3, -0.25) is 14.9 Å². The summed E-state index contributed by atoms with van der Waals surface area (Å²) >= 11 is 0. The summed E-state index contributed by atoms with van der Waals surface area (Å²) in [5, 5.41) is 22.7. The van der Waals surface area contributed by atoms with Crippen molar-refractivity contribution in [3.05, 3.63) is 52.6 Å². The fraction of sp³-hybridized carbons (Fsp3) is 0.267. The number of amides is 1. The predicted molar refractivity (Wildman–Crippen MR) is 85.6 cm³/mol. The van der Waals surface area contributed by atoms with Crippen molar-refractivity contribution >= 4 is 17.6 Å². The Hall–Kier alpha value is -3.27. The number of rotatable bonds is 8. The molecular formula is C15H16N4O6. The number of methoxy groups -OCH3 is 1. The maximum Gasteiger partial charge on any atom is 0.326 e. The van der Waals surface area contributed by atoms with Gasteiger partial charge in [0.15, 0.2) is 0 Å². The summed E-state index contributed by atoms with van der Waals surface area (Å²) in [6.45, 7) is 0.150. The Morgan fingerprint density at radius 2 is 2.24 bits per heavy atom. The number of hydrogen-bond donors (Lipinski definition) is 2. The van der Waals surface area contributed by atoms with Crippen LogP contribution in [0.1, 0.15) is 16.8 Å². The van der Waals surface area contributed by atoms with Gasteiger partial charge in [0, 0.05) is 44.2 Å². The Bertz CT molecular complexity index is 774. The Labute approximate surface area is 142 Å². The van der Waals surface area contributed by atoms with Crippen molar-refractivity contribution in [1.82, 2.24) is 14.9 Å². The first-order chi connectivity index (χ1) is 11.9. The minimum Gasteiger partial charge on any atom is -0.480 e. The third kappa shape index (κ3) is 4.38. The Balaban J connectivity index is 2.27. The van der Waals surface area contributed by atoms with Crippen LogP contribution in [0.2, 0.25) is 0 Å². The number of aromatic nitrogens is 2. The Kier molecular flexibility index (Phi) is 5.79. The predicted octanol–water partition coefficient (Wildman–Crippen LogP) is 1.00. The van der Waals surface area contributed by atoms with Crippen LogP contribution in [0.5, 0.6) is 0 Å². The average molecular weight is 348 g/mol. The molecule has 0 saturated heterocycles. The number of hydrogen-bond acceptors (Lipinski definition) is 6. The van der Waals surface area contributed by atoms with Crippen molar-refractivity contribution in [3.8, 4) is 5.69 Å². The summed E-state index contributed by atoms with van der Waals surface area (Å²) in [7, 11) is 1.42. The normalized spacial score (nSPS) is 11.7. The first-order valence-corrected chi connectivity index (χ1v) is 7.23. The average Bonchev–Trinajstić information content (AvgIpc) is 3.11. The smallest absolute Gasteiger partial charge is 0.326 e. The lowest BCUT2D eigenvalue weighted by Gasteiger charge is -2.14. The molecule has 0 fully saturated rings. The molecule has 0 spiro atoms. The lowest BCUT2D eigenvalue weighted by Crippen LogP contribution is -2.41. The highest BCUT2D eigenvalue weighted by Crippen LogP contribution is 2.24. The summed E-state index contributed by atoms with van der Waals surface area (Å²) in [5.41, 5.74) is -0.0677. The van der Waals surface area contributed by atoms with Gasteiger partial charge in [-0.05, 0) is 12.1 Å². The molecule has 1 aromatic heterocycles. The van der Waals surface area contributed by atoms with E-state index in [1.54, 1.807) is 0 Å². The van der Waals surface area contributed by atoms with E-state index in [9.17, 15) is 19.7 Å². The van der Waals surface area contributed by atoms with Crippen molar-refractivity contribution in [2.75, 3.05) is 13.7 Å². The van der Waals surface area contributed by atoms with Crippen molar-refractivity contribution in [2.24, 2.45) is 0 Å². The monoisotopic (exact) mass is 348 g/mol. The van der Waals surface area contributed by atoms with Crippen molar-refractivity contribution in [1.29, 1.82) is 0 Å². The van der Waals surface area contributed by atoms with Gasteiger partial charge in [0.05, 0.1) is 11.3 Å². The molecule has 2 N–H and O–H groups in total. The van der Waals surface area contributed by atoms with Crippen LogP contribution >= 0.6 is 0 Å². The number of carboxylic acid groups (broad SMARTS) is 1. The highest BCUT2D eigenvalue weighted by molar-refractivity contribution is 5.97. The zero-order valence-corrected chi connectivity index (χ0v) is 13.3. The van der Waals surface area contributed by atoms with Crippen LogP contribution in [0.25, 0.3) is 5.69 Å². The van der Waals surface area contributed by atoms with E-state index >= 15 is 0 Å². The van der Waals surface area contributed by atoms with Gasteiger partial charge in [0.25, 0.3) is 11.6 Å². The number of aliphatic carboxylic acids is 1. The van der Waals surface area contributed by atoms with Gasteiger partial charge in [-0.25, -0.2) is 9.78 Å². The SMILES string of the molecule is COCCC(NC(=O)c1ccc(-n2ccnc2)c([N+](=O)[O-])c1)C(=O)O. The van der Waals surface area contributed by atoms with Crippen molar-refractivity contribution in [2.45, 2.75) is 12.5 Å². The quantitative estimate of drug-likeness (QED) is 0.536. The number of carbonyl (C=O) groups excluding carboxylic acids is 1. The van der Waals surface area contributed by atoms with E-state index in [1.165, 1.54) is 42.5 Å².